The monoisotopic (exact) mass is 393 g/mol. The Balaban J connectivity index is 1.31. The largest absolute Gasteiger partial charge is 0.497 e. The second-order valence-corrected chi connectivity index (χ2v) is 6.97. The van der Waals surface area contributed by atoms with Crippen LogP contribution in [0.1, 0.15) is 18.4 Å². The number of carbonyl (C=O) groups excluding carboxylic acids is 1. The van der Waals surface area contributed by atoms with E-state index in [9.17, 15) is 4.79 Å². The molecule has 2 aromatic heterocycles. The Hall–Kier alpha value is -3.42. The van der Waals surface area contributed by atoms with Gasteiger partial charge in [0.15, 0.2) is 0 Å². The summed E-state index contributed by atoms with van der Waals surface area (Å²) in [5, 5.41) is 7.08. The number of rotatable bonds is 6. The minimum absolute atomic E-state index is 0.0105. The van der Waals surface area contributed by atoms with Gasteiger partial charge >= 0.3 is 6.01 Å². The van der Waals surface area contributed by atoms with Crippen molar-refractivity contribution in [3.8, 4) is 17.1 Å². The second kappa shape index (κ2) is 8.72. The van der Waals surface area contributed by atoms with Gasteiger partial charge in [0.2, 0.25) is 11.7 Å². The van der Waals surface area contributed by atoms with Gasteiger partial charge in [-0.05, 0) is 36.6 Å². The number of nitrogens with zero attached hydrogens (tertiary/aromatic N) is 4. The molecule has 1 amide bonds. The highest BCUT2D eigenvalue weighted by molar-refractivity contribution is 5.78. The first-order valence-corrected chi connectivity index (χ1v) is 9.62. The number of pyridine rings is 1. The van der Waals surface area contributed by atoms with Crippen molar-refractivity contribution in [1.82, 2.24) is 20.4 Å². The highest BCUT2D eigenvalue weighted by Gasteiger charge is 2.27. The molecule has 0 aliphatic carbocycles. The number of carbonyl (C=O) groups is 1. The fourth-order valence-electron chi connectivity index (χ4n) is 3.39. The molecule has 0 atom stereocenters. The summed E-state index contributed by atoms with van der Waals surface area (Å²) in [6.07, 6.45) is 4.97. The van der Waals surface area contributed by atoms with Gasteiger partial charge in [-0.3, -0.25) is 9.78 Å². The van der Waals surface area contributed by atoms with E-state index in [0.717, 1.165) is 29.7 Å². The summed E-state index contributed by atoms with van der Waals surface area (Å²) in [7, 11) is 1.62. The molecule has 1 aliphatic rings. The third-order valence-corrected chi connectivity index (χ3v) is 5.07. The normalized spacial score (nSPS) is 14.6. The number of piperidine rings is 1. The smallest absolute Gasteiger partial charge is 0.324 e. The lowest BCUT2D eigenvalue weighted by molar-refractivity contribution is -0.125. The van der Waals surface area contributed by atoms with Gasteiger partial charge in [-0.1, -0.05) is 23.4 Å². The quantitative estimate of drug-likeness (QED) is 0.688. The van der Waals surface area contributed by atoms with Crippen molar-refractivity contribution >= 4 is 11.9 Å². The number of anilines is 1. The maximum Gasteiger partial charge on any atom is 0.324 e. The summed E-state index contributed by atoms with van der Waals surface area (Å²) in [6.45, 7) is 1.90. The lowest BCUT2D eigenvalue weighted by atomic mass is 9.96. The van der Waals surface area contributed by atoms with Gasteiger partial charge in [0, 0.05) is 43.5 Å². The van der Waals surface area contributed by atoms with Crippen molar-refractivity contribution in [2.24, 2.45) is 5.92 Å². The standard InChI is InChI=1S/C21H23N5O3/c1-28-18-6-2-5-17(12-18)19-24-21(29-25-19)26-10-7-16(8-11-26)20(27)23-14-15-4-3-9-22-13-15/h2-6,9,12-13,16H,7-8,10-11,14H2,1H3,(H,23,27). The molecule has 0 saturated carbocycles. The Bertz CT molecular complexity index is 952. The van der Waals surface area contributed by atoms with Gasteiger partial charge < -0.3 is 19.5 Å². The Kier molecular flexibility index (Phi) is 5.69. The van der Waals surface area contributed by atoms with Gasteiger partial charge in [0.1, 0.15) is 5.75 Å². The molecule has 1 aliphatic heterocycles. The van der Waals surface area contributed by atoms with Crippen molar-refractivity contribution in [1.29, 1.82) is 0 Å². The fourth-order valence-corrected chi connectivity index (χ4v) is 3.39. The number of hydrogen-bond donors (Lipinski definition) is 1. The van der Waals surface area contributed by atoms with E-state index in [1.165, 1.54) is 0 Å². The zero-order valence-electron chi connectivity index (χ0n) is 16.2. The molecule has 1 saturated heterocycles. The zero-order chi connectivity index (χ0) is 20.1. The van der Waals surface area contributed by atoms with E-state index in [1.54, 1.807) is 19.5 Å². The fraction of sp³-hybridized carbons (Fsp3) is 0.333. The van der Waals surface area contributed by atoms with Crippen molar-refractivity contribution < 1.29 is 14.1 Å². The molecule has 1 N–H and O–H groups in total. The van der Waals surface area contributed by atoms with Gasteiger partial charge in [0.05, 0.1) is 7.11 Å². The van der Waals surface area contributed by atoms with Gasteiger partial charge in [-0.25, -0.2) is 0 Å². The molecular formula is C21H23N5O3. The second-order valence-electron chi connectivity index (χ2n) is 6.97. The van der Waals surface area contributed by atoms with Crippen LogP contribution < -0.4 is 15.0 Å². The molecule has 4 rings (SSSR count). The van der Waals surface area contributed by atoms with Crippen LogP contribution in [0.15, 0.2) is 53.3 Å². The maximum atomic E-state index is 12.5. The number of benzene rings is 1. The van der Waals surface area contributed by atoms with E-state index < -0.39 is 0 Å². The van der Waals surface area contributed by atoms with Crippen LogP contribution in [-0.2, 0) is 11.3 Å². The molecule has 150 valence electrons. The number of hydrogen-bond acceptors (Lipinski definition) is 7. The minimum Gasteiger partial charge on any atom is -0.497 e. The molecule has 1 fully saturated rings. The van der Waals surface area contributed by atoms with Gasteiger partial charge in [-0.2, -0.15) is 4.98 Å². The molecule has 0 spiro atoms. The van der Waals surface area contributed by atoms with Crippen molar-refractivity contribution in [3.05, 3.63) is 54.4 Å². The van der Waals surface area contributed by atoms with Crippen LogP contribution in [-0.4, -0.2) is 41.2 Å². The van der Waals surface area contributed by atoms with E-state index in [1.807, 2.05) is 41.3 Å². The molecule has 0 radical (unpaired) electrons. The first kappa shape index (κ1) is 18.9. The Morgan fingerprint density at radius 2 is 2.14 bits per heavy atom. The highest BCUT2D eigenvalue weighted by Crippen LogP contribution is 2.26. The number of ether oxygens (including phenoxy) is 1. The number of nitrogens with one attached hydrogen (secondary N) is 1. The van der Waals surface area contributed by atoms with E-state index in [2.05, 4.69) is 20.4 Å². The van der Waals surface area contributed by atoms with Gasteiger partial charge in [0.25, 0.3) is 0 Å². The summed E-state index contributed by atoms with van der Waals surface area (Å²) in [5.41, 5.74) is 1.83. The van der Waals surface area contributed by atoms with Crippen LogP contribution in [0.4, 0.5) is 6.01 Å². The first-order valence-electron chi connectivity index (χ1n) is 9.62. The van der Waals surface area contributed by atoms with Crippen molar-refractivity contribution in [2.45, 2.75) is 19.4 Å². The topological polar surface area (TPSA) is 93.4 Å². The van der Waals surface area contributed by atoms with Crippen LogP contribution >= 0.6 is 0 Å². The van der Waals surface area contributed by atoms with Gasteiger partial charge in [-0.15, -0.1) is 0 Å². The number of methoxy groups -OCH3 is 1. The molecule has 0 bridgehead atoms. The average Bonchev–Trinajstić information content (AvgIpc) is 3.29. The van der Waals surface area contributed by atoms with E-state index in [0.29, 0.717) is 31.5 Å². The van der Waals surface area contributed by atoms with Crippen LogP contribution in [0.2, 0.25) is 0 Å². The summed E-state index contributed by atoms with van der Waals surface area (Å²) in [5.74, 6) is 1.34. The average molecular weight is 393 g/mol. The van der Waals surface area contributed by atoms with Crippen LogP contribution in [0, 0.1) is 5.92 Å². The van der Waals surface area contributed by atoms with E-state index >= 15 is 0 Å². The lowest BCUT2D eigenvalue weighted by Crippen LogP contribution is -2.40. The summed E-state index contributed by atoms with van der Waals surface area (Å²) in [6, 6.07) is 11.8. The molecule has 29 heavy (non-hydrogen) atoms. The SMILES string of the molecule is COc1cccc(-c2noc(N3CCC(C(=O)NCc4cccnc4)CC3)n2)c1. The van der Waals surface area contributed by atoms with Crippen LogP contribution in [0.3, 0.4) is 0 Å². The van der Waals surface area contributed by atoms with Crippen molar-refractivity contribution in [2.75, 3.05) is 25.1 Å². The third-order valence-electron chi connectivity index (χ3n) is 5.07. The van der Waals surface area contributed by atoms with Crippen molar-refractivity contribution in [3.63, 3.8) is 0 Å². The predicted molar refractivity (Wildman–Crippen MR) is 107 cm³/mol. The molecular weight excluding hydrogens is 370 g/mol. The molecule has 8 nitrogen and oxygen atoms in total. The molecule has 3 heterocycles. The van der Waals surface area contributed by atoms with E-state index in [-0.39, 0.29) is 11.8 Å². The Morgan fingerprint density at radius 1 is 1.28 bits per heavy atom. The Labute approximate surface area is 168 Å². The maximum absolute atomic E-state index is 12.5. The molecule has 8 heteroatoms. The first-order chi connectivity index (χ1) is 14.2. The predicted octanol–water partition coefficient (Wildman–Crippen LogP) is 2.67. The Morgan fingerprint density at radius 3 is 2.90 bits per heavy atom. The van der Waals surface area contributed by atoms with E-state index in [4.69, 9.17) is 9.26 Å². The minimum atomic E-state index is -0.0105. The molecule has 3 aromatic rings. The summed E-state index contributed by atoms with van der Waals surface area (Å²) in [4.78, 5) is 23.1. The summed E-state index contributed by atoms with van der Waals surface area (Å²) < 4.78 is 10.7. The van der Waals surface area contributed by atoms with Crippen LogP contribution in [0.25, 0.3) is 11.4 Å². The lowest BCUT2D eigenvalue weighted by Gasteiger charge is -2.29. The number of aromatic nitrogens is 3. The number of amides is 1. The molecule has 0 unspecified atom stereocenters. The third kappa shape index (κ3) is 4.53. The summed E-state index contributed by atoms with van der Waals surface area (Å²) >= 11 is 0. The molecule has 1 aromatic carbocycles. The zero-order valence-corrected chi connectivity index (χ0v) is 16.2. The van der Waals surface area contributed by atoms with Crippen LogP contribution in [0.5, 0.6) is 5.75 Å². The highest BCUT2D eigenvalue weighted by atomic mass is 16.5.